The number of nitrogens with zero attached hydrogens (tertiary/aromatic N) is 1. The molecular weight excluding hydrogens is 382 g/mol. The fraction of sp³-hybridized carbons (Fsp3) is 0.200. The van der Waals surface area contributed by atoms with Gasteiger partial charge in [0.2, 0.25) is 5.75 Å². The molecule has 0 unspecified atom stereocenters. The van der Waals surface area contributed by atoms with Crippen molar-refractivity contribution in [1.29, 1.82) is 0 Å². The van der Waals surface area contributed by atoms with E-state index in [-0.39, 0.29) is 23.2 Å². The highest BCUT2D eigenvalue weighted by Gasteiger charge is 2.33. The molecule has 0 saturated carbocycles. The molecular formula is C20H19NO4S2. The lowest BCUT2D eigenvalue weighted by atomic mass is 10.1. The van der Waals surface area contributed by atoms with Crippen LogP contribution in [-0.4, -0.2) is 29.6 Å². The van der Waals surface area contributed by atoms with E-state index in [0.29, 0.717) is 14.8 Å². The summed E-state index contributed by atoms with van der Waals surface area (Å²) in [7, 11) is 2.91. The highest BCUT2D eigenvalue weighted by molar-refractivity contribution is 8.27. The van der Waals surface area contributed by atoms with Crippen LogP contribution in [0.3, 0.4) is 0 Å². The molecule has 2 aromatic carbocycles. The van der Waals surface area contributed by atoms with Crippen LogP contribution in [0.5, 0.6) is 17.2 Å². The summed E-state index contributed by atoms with van der Waals surface area (Å²) >= 11 is 6.65. The number of aromatic hydroxyl groups is 1. The van der Waals surface area contributed by atoms with Crippen molar-refractivity contribution in [2.24, 2.45) is 0 Å². The van der Waals surface area contributed by atoms with Crippen molar-refractivity contribution in [3.05, 3.63) is 52.4 Å². The van der Waals surface area contributed by atoms with Crippen LogP contribution in [0, 0.1) is 0 Å². The van der Waals surface area contributed by atoms with Crippen LogP contribution >= 0.6 is 24.0 Å². The predicted molar refractivity (Wildman–Crippen MR) is 113 cm³/mol. The Morgan fingerprint density at radius 1 is 1.15 bits per heavy atom. The maximum Gasteiger partial charge on any atom is 0.270 e. The van der Waals surface area contributed by atoms with Gasteiger partial charge in [-0.05, 0) is 47.9 Å². The molecule has 0 aliphatic carbocycles. The third-order valence-electron chi connectivity index (χ3n) is 4.20. The molecule has 3 rings (SSSR count). The van der Waals surface area contributed by atoms with Crippen molar-refractivity contribution in [1.82, 2.24) is 0 Å². The minimum Gasteiger partial charge on any atom is -0.502 e. The van der Waals surface area contributed by atoms with E-state index >= 15 is 0 Å². The third-order valence-corrected chi connectivity index (χ3v) is 5.50. The molecule has 0 bridgehead atoms. The smallest absolute Gasteiger partial charge is 0.270 e. The lowest BCUT2D eigenvalue weighted by Crippen LogP contribution is -2.27. The van der Waals surface area contributed by atoms with Crippen molar-refractivity contribution < 1.29 is 19.4 Å². The second-order valence-corrected chi connectivity index (χ2v) is 7.49. The summed E-state index contributed by atoms with van der Waals surface area (Å²) in [5, 5.41) is 10.0. The molecule has 1 aliphatic heterocycles. The topological polar surface area (TPSA) is 59.0 Å². The number of methoxy groups -OCH3 is 2. The first-order chi connectivity index (χ1) is 13.0. The number of carbonyl (C=O) groups is 1. The van der Waals surface area contributed by atoms with Gasteiger partial charge >= 0.3 is 0 Å². The van der Waals surface area contributed by atoms with Crippen molar-refractivity contribution >= 4 is 46.0 Å². The second kappa shape index (κ2) is 8.02. The Labute approximate surface area is 167 Å². The van der Waals surface area contributed by atoms with Crippen molar-refractivity contribution in [3.63, 3.8) is 0 Å². The fourth-order valence-corrected chi connectivity index (χ4v) is 4.02. The Morgan fingerprint density at radius 2 is 1.74 bits per heavy atom. The number of anilines is 1. The number of phenolic OH excluding ortho intramolecular Hbond substituents is 1. The minimum absolute atomic E-state index is 0.0827. The van der Waals surface area contributed by atoms with Gasteiger partial charge in [-0.1, -0.05) is 43.0 Å². The highest BCUT2D eigenvalue weighted by Crippen LogP contribution is 2.40. The number of thiocarbonyl (C=S) groups is 1. The zero-order chi connectivity index (χ0) is 19.6. The van der Waals surface area contributed by atoms with E-state index in [1.54, 1.807) is 18.2 Å². The number of carbonyl (C=O) groups excluding carboxylic acids is 1. The molecule has 1 amide bonds. The zero-order valence-corrected chi connectivity index (χ0v) is 16.8. The van der Waals surface area contributed by atoms with E-state index in [0.717, 1.165) is 12.1 Å². The SMILES string of the molecule is CCc1ccc(N2C(=O)C(=Cc3cc(OC)c(O)c(OC)c3)SC2=S)cc1. The first-order valence-corrected chi connectivity index (χ1v) is 9.52. The average molecular weight is 402 g/mol. The molecule has 2 aromatic rings. The van der Waals surface area contributed by atoms with Crippen LogP contribution in [0.4, 0.5) is 5.69 Å². The van der Waals surface area contributed by atoms with E-state index in [9.17, 15) is 9.90 Å². The number of benzene rings is 2. The molecule has 0 atom stereocenters. The fourth-order valence-electron chi connectivity index (χ4n) is 2.72. The highest BCUT2D eigenvalue weighted by atomic mass is 32.2. The van der Waals surface area contributed by atoms with Crippen molar-refractivity contribution in [2.45, 2.75) is 13.3 Å². The van der Waals surface area contributed by atoms with Gasteiger partial charge in [0.1, 0.15) is 0 Å². The molecule has 0 radical (unpaired) electrons. The van der Waals surface area contributed by atoms with E-state index in [1.165, 1.54) is 36.4 Å². The first-order valence-electron chi connectivity index (χ1n) is 8.30. The number of hydrogen-bond donors (Lipinski definition) is 1. The van der Waals surface area contributed by atoms with Crippen LogP contribution in [-0.2, 0) is 11.2 Å². The molecule has 1 N–H and O–H groups in total. The number of rotatable bonds is 5. The molecule has 1 heterocycles. The van der Waals surface area contributed by atoms with Gasteiger partial charge < -0.3 is 14.6 Å². The lowest BCUT2D eigenvalue weighted by molar-refractivity contribution is -0.113. The summed E-state index contributed by atoms with van der Waals surface area (Å²) in [5.41, 5.74) is 2.62. The number of amides is 1. The Hall–Kier alpha value is -2.51. The molecule has 0 spiro atoms. The Balaban J connectivity index is 1.94. The largest absolute Gasteiger partial charge is 0.502 e. The minimum atomic E-state index is -0.180. The van der Waals surface area contributed by atoms with Gasteiger partial charge in [-0.3, -0.25) is 9.69 Å². The normalized spacial score (nSPS) is 15.5. The van der Waals surface area contributed by atoms with Crippen LogP contribution in [0.25, 0.3) is 6.08 Å². The third kappa shape index (κ3) is 3.79. The van der Waals surface area contributed by atoms with Crippen LogP contribution < -0.4 is 14.4 Å². The maximum atomic E-state index is 12.9. The molecule has 5 nitrogen and oxygen atoms in total. The number of phenols is 1. The quantitative estimate of drug-likeness (QED) is 0.593. The van der Waals surface area contributed by atoms with Gasteiger partial charge in [-0.25, -0.2) is 0 Å². The number of aryl methyl sites for hydroxylation is 1. The Morgan fingerprint density at radius 3 is 2.26 bits per heavy atom. The molecule has 140 valence electrons. The average Bonchev–Trinajstić information content (AvgIpc) is 2.96. The Bertz CT molecular complexity index is 897. The summed E-state index contributed by atoms with van der Waals surface area (Å²) in [6.07, 6.45) is 2.65. The van der Waals surface area contributed by atoms with Gasteiger partial charge in [0, 0.05) is 0 Å². The predicted octanol–water partition coefficient (Wildman–Crippen LogP) is 4.38. The number of ether oxygens (including phenoxy) is 2. The van der Waals surface area contributed by atoms with Gasteiger partial charge in [0.05, 0.1) is 24.8 Å². The summed E-state index contributed by atoms with van der Waals surface area (Å²) in [5.74, 6) is 0.276. The second-order valence-electron chi connectivity index (χ2n) is 5.81. The van der Waals surface area contributed by atoms with Crippen LogP contribution in [0.1, 0.15) is 18.1 Å². The van der Waals surface area contributed by atoms with Crippen LogP contribution in [0.2, 0.25) is 0 Å². The van der Waals surface area contributed by atoms with E-state index in [4.69, 9.17) is 21.7 Å². The van der Waals surface area contributed by atoms with E-state index in [2.05, 4.69) is 6.92 Å². The van der Waals surface area contributed by atoms with Crippen molar-refractivity contribution in [2.75, 3.05) is 19.1 Å². The molecule has 1 fully saturated rings. The monoisotopic (exact) mass is 401 g/mol. The summed E-state index contributed by atoms with van der Waals surface area (Å²) < 4.78 is 10.8. The van der Waals surface area contributed by atoms with Gasteiger partial charge in [0.15, 0.2) is 15.8 Å². The van der Waals surface area contributed by atoms with Crippen LogP contribution in [0.15, 0.2) is 41.3 Å². The molecule has 1 aliphatic rings. The maximum absolute atomic E-state index is 12.9. The molecule has 0 aromatic heterocycles. The standard InChI is InChI=1S/C20H19NO4S2/c1-4-12-5-7-14(8-6-12)21-19(23)17(27-20(21)26)11-13-9-15(24-2)18(22)16(10-13)25-3/h5-11,22H,4H2,1-3H3. The van der Waals surface area contributed by atoms with Gasteiger partial charge in [-0.15, -0.1) is 0 Å². The Kier molecular flexibility index (Phi) is 5.72. The molecule has 27 heavy (non-hydrogen) atoms. The first kappa shape index (κ1) is 19.3. The number of hydrogen-bond acceptors (Lipinski definition) is 6. The van der Waals surface area contributed by atoms with Gasteiger partial charge in [0.25, 0.3) is 5.91 Å². The summed E-state index contributed by atoms with van der Waals surface area (Å²) in [4.78, 5) is 14.9. The van der Waals surface area contributed by atoms with E-state index in [1.807, 2.05) is 24.3 Å². The summed E-state index contributed by atoms with van der Waals surface area (Å²) in [6.45, 7) is 2.08. The number of thioether (sulfide) groups is 1. The summed E-state index contributed by atoms with van der Waals surface area (Å²) in [6, 6.07) is 11.1. The molecule has 1 saturated heterocycles. The zero-order valence-electron chi connectivity index (χ0n) is 15.2. The van der Waals surface area contributed by atoms with Crippen molar-refractivity contribution in [3.8, 4) is 17.2 Å². The van der Waals surface area contributed by atoms with E-state index < -0.39 is 0 Å². The molecule has 7 heteroatoms. The lowest BCUT2D eigenvalue weighted by Gasteiger charge is -2.14. The van der Waals surface area contributed by atoms with Gasteiger partial charge in [-0.2, -0.15) is 0 Å².